The number of nitrogens with two attached hydrogens (primary N) is 1. The number of aromatic hydroxyl groups is 1. The molecule has 86 valence electrons. The second kappa shape index (κ2) is 4.09. The van der Waals surface area contributed by atoms with Crippen LogP contribution in [0.15, 0.2) is 30.5 Å². The third-order valence-electron chi connectivity index (χ3n) is 2.17. The second-order valence-corrected chi connectivity index (χ2v) is 3.34. The Labute approximate surface area is 96.4 Å². The number of rotatable bonds is 2. The topological polar surface area (TPSA) is 109 Å². The first-order chi connectivity index (χ1) is 8.08. The lowest BCUT2D eigenvalue weighted by molar-refractivity contribution is 0.0691. The highest BCUT2D eigenvalue weighted by Crippen LogP contribution is 2.20. The predicted molar refractivity (Wildman–Crippen MR) is 60.5 cm³/mol. The van der Waals surface area contributed by atoms with Gasteiger partial charge in [-0.25, -0.2) is 14.8 Å². The van der Waals surface area contributed by atoms with Crippen molar-refractivity contribution in [3.63, 3.8) is 0 Å². The number of carboxylic acid groups (broad SMARTS) is 1. The molecule has 4 N–H and O–H groups in total. The quantitative estimate of drug-likeness (QED) is 0.714. The minimum Gasteiger partial charge on any atom is -0.508 e. The Morgan fingerprint density at radius 1 is 1.24 bits per heavy atom. The Bertz CT molecular complexity index is 567. The molecule has 1 aromatic carbocycles. The standard InChI is InChI=1S/C11H9N3O3/c12-10-9(11(16)17)14-8(5-13-10)6-1-3-7(15)4-2-6/h1-5,15H,(H2,12,13)(H,16,17). The smallest absolute Gasteiger partial charge is 0.358 e. The fourth-order valence-corrected chi connectivity index (χ4v) is 1.33. The molecule has 0 aliphatic carbocycles. The van der Waals surface area contributed by atoms with E-state index in [0.717, 1.165) is 0 Å². The van der Waals surface area contributed by atoms with Crippen molar-refractivity contribution in [3.8, 4) is 17.0 Å². The van der Waals surface area contributed by atoms with Gasteiger partial charge < -0.3 is 15.9 Å². The van der Waals surface area contributed by atoms with Crippen LogP contribution in [0.4, 0.5) is 5.82 Å². The molecule has 6 heteroatoms. The van der Waals surface area contributed by atoms with Crippen molar-refractivity contribution in [2.45, 2.75) is 0 Å². The largest absolute Gasteiger partial charge is 0.508 e. The first-order valence-electron chi connectivity index (χ1n) is 4.73. The third-order valence-corrected chi connectivity index (χ3v) is 2.17. The summed E-state index contributed by atoms with van der Waals surface area (Å²) < 4.78 is 0. The van der Waals surface area contributed by atoms with Gasteiger partial charge in [0.25, 0.3) is 0 Å². The molecule has 0 aliphatic rings. The fourth-order valence-electron chi connectivity index (χ4n) is 1.33. The van der Waals surface area contributed by atoms with E-state index in [1.807, 2.05) is 0 Å². The molecule has 0 atom stereocenters. The maximum absolute atomic E-state index is 10.8. The van der Waals surface area contributed by atoms with Gasteiger partial charge in [0.1, 0.15) is 5.75 Å². The SMILES string of the molecule is Nc1ncc(-c2ccc(O)cc2)nc1C(=O)O. The van der Waals surface area contributed by atoms with Crippen LogP contribution < -0.4 is 5.73 Å². The Morgan fingerprint density at radius 3 is 2.47 bits per heavy atom. The highest BCUT2D eigenvalue weighted by Gasteiger charge is 2.12. The van der Waals surface area contributed by atoms with Gasteiger partial charge in [-0.05, 0) is 24.3 Å². The molecule has 1 heterocycles. The van der Waals surface area contributed by atoms with Gasteiger partial charge >= 0.3 is 5.97 Å². The zero-order chi connectivity index (χ0) is 12.4. The average Bonchev–Trinajstić information content (AvgIpc) is 2.30. The highest BCUT2D eigenvalue weighted by atomic mass is 16.4. The zero-order valence-electron chi connectivity index (χ0n) is 8.66. The van der Waals surface area contributed by atoms with Crippen LogP contribution in [-0.4, -0.2) is 26.2 Å². The number of phenols is 1. The van der Waals surface area contributed by atoms with E-state index >= 15 is 0 Å². The lowest BCUT2D eigenvalue weighted by atomic mass is 10.1. The lowest BCUT2D eigenvalue weighted by Crippen LogP contribution is -2.08. The Morgan fingerprint density at radius 2 is 1.88 bits per heavy atom. The molecule has 0 bridgehead atoms. The summed E-state index contributed by atoms with van der Waals surface area (Å²) in [5, 5.41) is 18.0. The van der Waals surface area contributed by atoms with E-state index in [2.05, 4.69) is 9.97 Å². The van der Waals surface area contributed by atoms with E-state index in [1.165, 1.54) is 18.3 Å². The number of hydrogen-bond donors (Lipinski definition) is 3. The van der Waals surface area contributed by atoms with Gasteiger partial charge in [-0.1, -0.05) is 0 Å². The summed E-state index contributed by atoms with van der Waals surface area (Å²) in [6.45, 7) is 0. The van der Waals surface area contributed by atoms with Gasteiger partial charge in [-0.2, -0.15) is 0 Å². The number of hydrogen-bond acceptors (Lipinski definition) is 5. The number of nitrogens with zero attached hydrogens (tertiary/aromatic N) is 2. The molecule has 0 amide bonds. The minimum absolute atomic E-state index is 0.121. The van der Waals surface area contributed by atoms with Crippen LogP contribution in [0.1, 0.15) is 10.5 Å². The van der Waals surface area contributed by atoms with Gasteiger partial charge in [0.05, 0.1) is 11.9 Å². The maximum atomic E-state index is 10.8. The van der Waals surface area contributed by atoms with Gasteiger partial charge in [0.2, 0.25) is 0 Å². The number of aromatic nitrogens is 2. The van der Waals surface area contributed by atoms with Crippen molar-refractivity contribution >= 4 is 11.8 Å². The lowest BCUT2D eigenvalue weighted by Gasteiger charge is -2.03. The van der Waals surface area contributed by atoms with Crippen molar-refractivity contribution in [1.82, 2.24) is 9.97 Å². The molecule has 0 saturated heterocycles. The second-order valence-electron chi connectivity index (χ2n) is 3.34. The van der Waals surface area contributed by atoms with Crippen molar-refractivity contribution in [1.29, 1.82) is 0 Å². The van der Waals surface area contributed by atoms with Gasteiger partial charge in [-0.15, -0.1) is 0 Å². The van der Waals surface area contributed by atoms with Crippen LogP contribution in [0.5, 0.6) is 5.75 Å². The number of carboxylic acids is 1. The summed E-state index contributed by atoms with van der Waals surface area (Å²) in [4.78, 5) is 18.5. The Hall–Kier alpha value is -2.63. The van der Waals surface area contributed by atoms with E-state index in [9.17, 15) is 4.79 Å². The third kappa shape index (κ3) is 2.15. The van der Waals surface area contributed by atoms with E-state index < -0.39 is 5.97 Å². The van der Waals surface area contributed by atoms with Crippen LogP contribution in [0.3, 0.4) is 0 Å². The number of nitrogen functional groups attached to an aromatic ring is 1. The number of carbonyl (C=O) groups is 1. The van der Waals surface area contributed by atoms with E-state index in [0.29, 0.717) is 11.3 Å². The predicted octanol–water partition coefficient (Wildman–Crippen LogP) is 1.13. The van der Waals surface area contributed by atoms with Crippen LogP contribution >= 0.6 is 0 Å². The summed E-state index contributed by atoms with van der Waals surface area (Å²) in [7, 11) is 0. The zero-order valence-corrected chi connectivity index (χ0v) is 8.66. The molecule has 0 aliphatic heterocycles. The van der Waals surface area contributed by atoms with Crippen LogP contribution in [0.2, 0.25) is 0 Å². The summed E-state index contributed by atoms with van der Waals surface area (Å²) in [5.41, 5.74) is 6.15. The van der Waals surface area contributed by atoms with E-state index in [1.54, 1.807) is 12.1 Å². The van der Waals surface area contributed by atoms with E-state index in [4.69, 9.17) is 15.9 Å². The molecule has 6 nitrogen and oxygen atoms in total. The summed E-state index contributed by atoms with van der Waals surface area (Å²) >= 11 is 0. The monoisotopic (exact) mass is 231 g/mol. The number of benzene rings is 1. The molecule has 2 aromatic rings. The molecular formula is C11H9N3O3. The van der Waals surface area contributed by atoms with Gasteiger partial charge in [0, 0.05) is 5.56 Å². The first kappa shape index (κ1) is 10.9. The van der Waals surface area contributed by atoms with Crippen LogP contribution in [0.25, 0.3) is 11.3 Å². The van der Waals surface area contributed by atoms with Gasteiger partial charge in [0.15, 0.2) is 11.5 Å². The minimum atomic E-state index is -1.23. The molecule has 0 saturated carbocycles. The molecule has 0 fully saturated rings. The van der Waals surface area contributed by atoms with Crippen LogP contribution in [0, 0.1) is 0 Å². The molecule has 2 rings (SSSR count). The summed E-state index contributed by atoms with van der Waals surface area (Å²) in [5.74, 6) is -1.23. The summed E-state index contributed by atoms with van der Waals surface area (Å²) in [6, 6.07) is 6.18. The summed E-state index contributed by atoms with van der Waals surface area (Å²) in [6.07, 6.45) is 1.38. The number of aromatic carboxylic acids is 1. The van der Waals surface area contributed by atoms with Crippen molar-refractivity contribution in [2.75, 3.05) is 5.73 Å². The molecule has 0 spiro atoms. The van der Waals surface area contributed by atoms with Crippen LogP contribution in [-0.2, 0) is 0 Å². The first-order valence-corrected chi connectivity index (χ1v) is 4.73. The molecule has 0 radical (unpaired) electrons. The maximum Gasteiger partial charge on any atom is 0.358 e. The normalized spacial score (nSPS) is 10.1. The van der Waals surface area contributed by atoms with Crippen molar-refractivity contribution in [2.24, 2.45) is 0 Å². The fraction of sp³-hybridized carbons (Fsp3) is 0. The molecule has 17 heavy (non-hydrogen) atoms. The molecular weight excluding hydrogens is 222 g/mol. The van der Waals surface area contributed by atoms with Crippen molar-refractivity contribution < 1.29 is 15.0 Å². The number of phenolic OH excluding ortho intramolecular Hbond substituents is 1. The van der Waals surface area contributed by atoms with Gasteiger partial charge in [-0.3, -0.25) is 0 Å². The Balaban J connectivity index is 2.50. The Kier molecular flexibility index (Phi) is 2.61. The number of anilines is 1. The van der Waals surface area contributed by atoms with Crippen molar-refractivity contribution in [3.05, 3.63) is 36.2 Å². The molecule has 1 aromatic heterocycles. The molecule has 0 unspecified atom stereocenters. The van der Waals surface area contributed by atoms with E-state index in [-0.39, 0.29) is 17.3 Å². The average molecular weight is 231 g/mol. The highest BCUT2D eigenvalue weighted by molar-refractivity contribution is 5.90.